The van der Waals surface area contributed by atoms with Crippen LogP contribution in [0.3, 0.4) is 0 Å². The number of hydrogen-bond donors (Lipinski definition) is 0. The second-order valence-electron chi connectivity index (χ2n) is 4.55. The molecule has 0 unspecified atom stereocenters. The summed E-state index contributed by atoms with van der Waals surface area (Å²) >= 11 is 5.93. The number of aromatic nitrogens is 2. The lowest BCUT2D eigenvalue weighted by Gasteiger charge is -2.07. The summed E-state index contributed by atoms with van der Waals surface area (Å²) in [5.74, 6) is 0.0761. The van der Waals surface area contributed by atoms with Gasteiger partial charge >= 0.3 is 6.18 Å². The number of halogens is 4. The van der Waals surface area contributed by atoms with E-state index >= 15 is 0 Å². The van der Waals surface area contributed by atoms with Crippen LogP contribution in [0.25, 0.3) is 16.9 Å². The second kappa shape index (κ2) is 5.07. The van der Waals surface area contributed by atoms with Crippen molar-refractivity contribution >= 4 is 17.2 Å². The van der Waals surface area contributed by atoms with Crippen molar-refractivity contribution in [3.63, 3.8) is 0 Å². The van der Waals surface area contributed by atoms with Crippen LogP contribution in [0.5, 0.6) is 0 Å². The predicted molar refractivity (Wildman–Crippen MR) is 75.2 cm³/mol. The van der Waals surface area contributed by atoms with Gasteiger partial charge in [-0.2, -0.15) is 13.2 Å². The van der Waals surface area contributed by atoms with Gasteiger partial charge in [0.1, 0.15) is 5.65 Å². The molecule has 0 fully saturated rings. The minimum Gasteiger partial charge on any atom is -0.302 e. The fourth-order valence-electron chi connectivity index (χ4n) is 2.22. The summed E-state index contributed by atoms with van der Waals surface area (Å²) in [7, 11) is 0. The van der Waals surface area contributed by atoms with Crippen molar-refractivity contribution in [2.24, 2.45) is 0 Å². The summed E-state index contributed by atoms with van der Waals surface area (Å²) in [5.41, 5.74) is 1.69. The van der Waals surface area contributed by atoms with Gasteiger partial charge in [-0.3, -0.25) is 0 Å². The lowest BCUT2D eigenvalue weighted by atomic mass is 10.1. The fraction of sp³-hybridized carbons (Fsp3) is 0.133. The van der Waals surface area contributed by atoms with Crippen molar-refractivity contribution in [1.29, 1.82) is 0 Å². The molecule has 0 saturated heterocycles. The van der Waals surface area contributed by atoms with E-state index in [1.807, 2.05) is 30.3 Å². The molecule has 0 atom stereocenters. The average Bonchev–Trinajstić information content (AvgIpc) is 2.84. The molecule has 0 saturated carbocycles. The maximum atomic E-state index is 12.8. The van der Waals surface area contributed by atoms with Gasteiger partial charge in [-0.25, -0.2) is 4.98 Å². The summed E-state index contributed by atoms with van der Waals surface area (Å²) in [4.78, 5) is 4.39. The highest BCUT2D eigenvalue weighted by molar-refractivity contribution is 6.17. The molecule has 1 aromatic carbocycles. The Labute approximate surface area is 123 Å². The molecule has 3 aromatic rings. The Morgan fingerprint density at radius 2 is 1.76 bits per heavy atom. The topological polar surface area (TPSA) is 17.3 Å². The number of alkyl halides is 4. The fourth-order valence-corrected chi connectivity index (χ4v) is 2.47. The quantitative estimate of drug-likeness (QED) is 0.624. The van der Waals surface area contributed by atoms with Crippen LogP contribution < -0.4 is 0 Å². The molecular formula is C15H10ClF3N2. The van der Waals surface area contributed by atoms with Gasteiger partial charge in [0.25, 0.3) is 0 Å². The summed E-state index contributed by atoms with van der Waals surface area (Å²) < 4.78 is 39.8. The van der Waals surface area contributed by atoms with Gasteiger partial charge in [0.15, 0.2) is 0 Å². The summed E-state index contributed by atoms with van der Waals surface area (Å²) in [6.45, 7) is 0. The predicted octanol–water partition coefficient (Wildman–Crippen LogP) is 4.76. The van der Waals surface area contributed by atoms with Gasteiger partial charge in [0.05, 0.1) is 22.8 Å². The zero-order valence-electron chi connectivity index (χ0n) is 10.7. The number of benzene rings is 1. The number of pyridine rings is 1. The van der Waals surface area contributed by atoms with Gasteiger partial charge < -0.3 is 4.40 Å². The highest BCUT2D eigenvalue weighted by Gasteiger charge is 2.31. The van der Waals surface area contributed by atoms with Gasteiger partial charge in [-0.1, -0.05) is 30.3 Å². The molecule has 0 bridgehead atoms. The molecule has 3 rings (SSSR count). The van der Waals surface area contributed by atoms with Gasteiger partial charge in [-0.05, 0) is 12.1 Å². The monoisotopic (exact) mass is 310 g/mol. The van der Waals surface area contributed by atoms with Crippen LogP contribution in [-0.2, 0) is 12.1 Å². The molecule has 0 aliphatic rings. The maximum Gasteiger partial charge on any atom is 0.417 e. The first kappa shape index (κ1) is 13.9. The van der Waals surface area contributed by atoms with Gasteiger partial charge in [-0.15, -0.1) is 11.6 Å². The normalized spacial score (nSPS) is 12.0. The Balaban J connectivity index is 2.24. The zero-order chi connectivity index (χ0) is 15.0. The van der Waals surface area contributed by atoms with E-state index in [4.69, 9.17) is 11.6 Å². The highest BCUT2D eigenvalue weighted by atomic mass is 35.5. The molecule has 108 valence electrons. The number of imidazole rings is 1. The zero-order valence-corrected chi connectivity index (χ0v) is 11.5. The van der Waals surface area contributed by atoms with Crippen LogP contribution in [-0.4, -0.2) is 9.38 Å². The van der Waals surface area contributed by atoms with Gasteiger partial charge in [0.2, 0.25) is 0 Å². The molecule has 0 amide bonds. The molecule has 0 spiro atoms. The third-order valence-corrected chi connectivity index (χ3v) is 3.47. The molecule has 0 aliphatic carbocycles. The molecule has 6 heteroatoms. The maximum absolute atomic E-state index is 12.8. The van der Waals surface area contributed by atoms with Crippen LogP contribution >= 0.6 is 11.6 Å². The van der Waals surface area contributed by atoms with Crippen LogP contribution in [0.1, 0.15) is 11.3 Å². The first-order chi connectivity index (χ1) is 10.0. The minimum absolute atomic E-state index is 0.0761. The van der Waals surface area contributed by atoms with Crippen LogP contribution in [0, 0.1) is 0 Å². The Morgan fingerprint density at radius 3 is 2.38 bits per heavy atom. The average molecular weight is 311 g/mol. The summed E-state index contributed by atoms with van der Waals surface area (Å²) in [6, 6.07) is 11.6. The third kappa shape index (κ3) is 2.49. The molecule has 0 N–H and O–H groups in total. The Bertz CT molecular complexity index is 779. The van der Waals surface area contributed by atoms with E-state index in [0.29, 0.717) is 17.0 Å². The van der Waals surface area contributed by atoms with E-state index in [-0.39, 0.29) is 5.88 Å². The van der Waals surface area contributed by atoms with Crippen molar-refractivity contribution < 1.29 is 13.2 Å². The van der Waals surface area contributed by atoms with E-state index in [0.717, 1.165) is 17.8 Å². The van der Waals surface area contributed by atoms with Crippen LogP contribution in [0.4, 0.5) is 13.2 Å². The minimum atomic E-state index is -4.39. The Hall–Kier alpha value is -2.01. The first-order valence-electron chi connectivity index (χ1n) is 6.20. The molecule has 0 aliphatic heterocycles. The number of nitrogens with zero attached hydrogens (tertiary/aromatic N) is 2. The lowest BCUT2D eigenvalue weighted by Crippen LogP contribution is -2.06. The van der Waals surface area contributed by atoms with E-state index in [1.165, 1.54) is 10.5 Å². The molecule has 2 heterocycles. The molecule has 2 aromatic heterocycles. The Kier molecular flexibility index (Phi) is 3.37. The van der Waals surface area contributed by atoms with Gasteiger partial charge in [0, 0.05) is 11.8 Å². The molecular weight excluding hydrogens is 301 g/mol. The standard InChI is InChI=1S/C15H10ClF3N2/c16-8-12-14(10-4-2-1-3-5-10)20-13-7-6-11(9-21(12)13)15(17,18)19/h1-7,9H,8H2. The number of hydrogen-bond acceptors (Lipinski definition) is 1. The Morgan fingerprint density at radius 1 is 1.05 bits per heavy atom. The van der Waals surface area contributed by atoms with Crippen molar-refractivity contribution in [3.05, 3.63) is 59.9 Å². The second-order valence-corrected chi connectivity index (χ2v) is 4.82. The van der Waals surface area contributed by atoms with Crippen LogP contribution in [0.15, 0.2) is 48.7 Å². The largest absolute Gasteiger partial charge is 0.417 e. The lowest BCUT2D eigenvalue weighted by molar-refractivity contribution is -0.137. The van der Waals surface area contributed by atoms with Crippen molar-refractivity contribution in [2.75, 3.05) is 0 Å². The molecule has 2 nitrogen and oxygen atoms in total. The van der Waals surface area contributed by atoms with Crippen molar-refractivity contribution in [2.45, 2.75) is 12.1 Å². The van der Waals surface area contributed by atoms with E-state index in [2.05, 4.69) is 4.98 Å². The van der Waals surface area contributed by atoms with E-state index < -0.39 is 11.7 Å². The van der Waals surface area contributed by atoms with E-state index in [9.17, 15) is 13.2 Å². The molecule has 0 radical (unpaired) electrons. The van der Waals surface area contributed by atoms with Crippen molar-refractivity contribution in [3.8, 4) is 11.3 Å². The number of rotatable bonds is 2. The molecule has 21 heavy (non-hydrogen) atoms. The first-order valence-corrected chi connectivity index (χ1v) is 6.73. The summed E-state index contributed by atoms with van der Waals surface area (Å²) in [6.07, 6.45) is -3.36. The van der Waals surface area contributed by atoms with E-state index in [1.54, 1.807) is 0 Å². The summed E-state index contributed by atoms with van der Waals surface area (Å²) in [5, 5.41) is 0. The smallest absolute Gasteiger partial charge is 0.302 e. The van der Waals surface area contributed by atoms with Crippen molar-refractivity contribution in [1.82, 2.24) is 9.38 Å². The third-order valence-electron chi connectivity index (χ3n) is 3.22. The SMILES string of the molecule is FC(F)(F)c1ccc2nc(-c3ccccc3)c(CCl)n2c1. The highest BCUT2D eigenvalue weighted by Crippen LogP contribution is 2.31. The van der Waals surface area contributed by atoms with Crippen LogP contribution in [0.2, 0.25) is 0 Å². The number of fused-ring (bicyclic) bond motifs is 1.